The van der Waals surface area contributed by atoms with E-state index in [1.165, 1.54) is 17.4 Å². The molecule has 0 saturated carbocycles. The molecule has 3 N–H and O–H groups in total. The predicted octanol–water partition coefficient (Wildman–Crippen LogP) is 0.784. The Morgan fingerprint density at radius 1 is 1.50 bits per heavy atom. The van der Waals surface area contributed by atoms with Gasteiger partial charge in [0.25, 0.3) is 5.56 Å². The van der Waals surface area contributed by atoms with Gasteiger partial charge in [-0.25, -0.2) is 9.97 Å². The second kappa shape index (κ2) is 3.22. The normalized spacial score (nSPS) is 10.4. The van der Waals surface area contributed by atoms with Crippen molar-refractivity contribution in [1.29, 1.82) is 0 Å². The van der Waals surface area contributed by atoms with Crippen molar-refractivity contribution in [1.82, 2.24) is 15.0 Å². The fourth-order valence-corrected chi connectivity index (χ4v) is 1.81. The molecule has 0 aromatic carbocycles. The van der Waals surface area contributed by atoms with Crippen molar-refractivity contribution >= 4 is 17.3 Å². The Kier molecular flexibility index (Phi) is 2.05. The molecule has 0 bridgehead atoms. The molecule has 0 saturated heterocycles. The summed E-state index contributed by atoms with van der Waals surface area (Å²) in [6, 6.07) is 1.38. The molecule has 0 unspecified atom stereocenters. The fraction of sp³-hybridized carbons (Fsp3) is 0.125. The number of nitrogens with two attached hydrogens (primary N) is 1. The van der Waals surface area contributed by atoms with E-state index in [1.807, 2.05) is 12.3 Å². The Bertz CT molecular complexity index is 516. The molecule has 14 heavy (non-hydrogen) atoms. The third kappa shape index (κ3) is 1.64. The molecule has 2 rings (SSSR count). The van der Waals surface area contributed by atoms with E-state index in [9.17, 15) is 4.79 Å². The van der Waals surface area contributed by atoms with Crippen LogP contribution in [0.5, 0.6) is 0 Å². The summed E-state index contributed by atoms with van der Waals surface area (Å²) in [5.74, 6) is 0.111. The highest BCUT2D eigenvalue weighted by molar-refractivity contribution is 7.13. The molecular weight excluding hydrogens is 200 g/mol. The molecule has 0 aliphatic heterocycles. The summed E-state index contributed by atoms with van der Waals surface area (Å²) in [7, 11) is 0. The van der Waals surface area contributed by atoms with Crippen molar-refractivity contribution in [3.8, 4) is 10.7 Å². The first kappa shape index (κ1) is 8.89. The molecule has 2 heterocycles. The molecular formula is C8H8N4OS. The van der Waals surface area contributed by atoms with Gasteiger partial charge in [0.15, 0.2) is 0 Å². The van der Waals surface area contributed by atoms with Crippen molar-refractivity contribution in [3.05, 3.63) is 27.5 Å². The lowest BCUT2D eigenvalue weighted by Crippen LogP contribution is -2.10. The van der Waals surface area contributed by atoms with E-state index in [4.69, 9.17) is 5.73 Å². The standard InChI is InChI=1S/C8H8N4OS/c1-4-3-14-7(10-4)5-2-6(13)12-8(9)11-5/h2-3H,1H3,(H3,9,11,12,13). The van der Waals surface area contributed by atoms with Gasteiger partial charge in [-0.2, -0.15) is 0 Å². The molecule has 0 atom stereocenters. The van der Waals surface area contributed by atoms with Crippen LogP contribution in [0.4, 0.5) is 5.95 Å². The number of nitrogen functional groups attached to an aromatic ring is 1. The first-order chi connectivity index (χ1) is 6.65. The number of aromatic nitrogens is 3. The van der Waals surface area contributed by atoms with Gasteiger partial charge in [-0.15, -0.1) is 11.3 Å². The van der Waals surface area contributed by atoms with Gasteiger partial charge >= 0.3 is 0 Å². The summed E-state index contributed by atoms with van der Waals surface area (Å²) in [6.45, 7) is 1.89. The van der Waals surface area contributed by atoms with Crippen LogP contribution in [0.1, 0.15) is 5.69 Å². The van der Waals surface area contributed by atoms with Crippen molar-refractivity contribution in [2.45, 2.75) is 6.92 Å². The molecule has 0 radical (unpaired) electrons. The first-order valence-electron chi connectivity index (χ1n) is 3.94. The van der Waals surface area contributed by atoms with Gasteiger partial charge in [-0.3, -0.25) is 9.78 Å². The van der Waals surface area contributed by atoms with Gasteiger partial charge in [-0.1, -0.05) is 0 Å². The number of H-pyrrole nitrogens is 1. The molecule has 2 aromatic rings. The van der Waals surface area contributed by atoms with Crippen LogP contribution in [-0.4, -0.2) is 15.0 Å². The lowest BCUT2D eigenvalue weighted by Gasteiger charge is -1.95. The fourth-order valence-electron chi connectivity index (χ4n) is 1.06. The monoisotopic (exact) mass is 208 g/mol. The summed E-state index contributed by atoms with van der Waals surface area (Å²) < 4.78 is 0. The molecule has 72 valence electrons. The number of anilines is 1. The lowest BCUT2D eigenvalue weighted by molar-refractivity contribution is 1.13. The van der Waals surface area contributed by atoms with E-state index in [0.29, 0.717) is 10.7 Å². The Labute approximate surface area is 83.7 Å². The number of rotatable bonds is 1. The van der Waals surface area contributed by atoms with E-state index in [2.05, 4.69) is 15.0 Å². The number of thiazole rings is 1. The number of nitrogens with one attached hydrogen (secondary N) is 1. The minimum Gasteiger partial charge on any atom is -0.369 e. The second-order valence-electron chi connectivity index (χ2n) is 2.81. The van der Waals surface area contributed by atoms with Crippen LogP contribution >= 0.6 is 11.3 Å². The van der Waals surface area contributed by atoms with Gasteiger partial charge in [0.2, 0.25) is 5.95 Å². The van der Waals surface area contributed by atoms with E-state index in [0.717, 1.165) is 5.69 Å². The Morgan fingerprint density at radius 3 is 2.86 bits per heavy atom. The van der Waals surface area contributed by atoms with Crippen molar-refractivity contribution in [2.75, 3.05) is 5.73 Å². The molecule has 6 heteroatoms. The summed E-state index contributed by atoms with van der Waals surface area (Å²) in [4.78, 5) is 21.7. The highest BCUT2D eigenvalue weighted by Crippen LogP contribution is 2.20. The van der Waals surface area contributed by atoms with Gasteiger partial charge in [0, 0.05) is 17.1 Å². The number of hydrogen-bond donors (Lipinski definition) is 2. The number of aromatic amines is 1. The smallest absolute Gasteiger partial charge is 0.252 e. The van der Waals surface area contributed by atoms with Gasteiger partial charge in [0.05, 0.1) is 0 Å². The molecule has 5 nitrogen and oxygen atoms in total. The zero-order valence-corrected chi connectivity index (χ0v) is 8.26. The molecule has 0 aliphatic rings. The highest BCUT2D eigenvalue weighted by Gasteiger charge is 2.05. The van der Waals surface area contributed by atoms with E-state index in [1.54, 1.807) is 0 Å². The van der Waals surface area contributed by atoms with Crippen LogP contribution in [0.25, 0.3) is 10.7 Å². The van der Waals surface area contributed by atoms with Crippen LogP contribution in [0.15, 0.2) is 16.2 Å². The predicted molar refractivity (Wildman–Crippen MR) is 55.1 cm³/mol. The lowest BCUT2D eigenvalue weighted by atomic mass is 10.4. The zero-order chi connectivity index (χ0) is 10.1. The summed E-state index contributed by atoms with van der Waals surface area (Å²) in [6.07, 6.45) is 0. The number of hydrogen-bond acceptors (Lipinski definition) is 5. The van der Waals surface area contributed by atoms with Crippen LogP contribution < -0.4 is 11.3 Å². The maximum Gasteiger partial charge on any atom is 0.252 e. The SMILES string of the molecule is Cc1csc(-c2cc(=O)[nH]c(N)n2)n1. The Morgan fingerprint density at radius 2 is 2.29 bits per heavy atom. The molecule has 0 spiro atoms. The maximum atomic E-state index is 11.1. The molecule has 0 fully saturated rings. The van der Waals surface area contributed by atoms with Gasteiger partial charge in [0.1, 0.15) is 10.7 Å². The van der Waals surface area contributed by atoms with Crippen LogP contribution in [-0.2, 0) is 0 Å². The average Bonchev–Trinajstić information content (AvgIpc) is 2.50. The van der Waals surface area contributed by atoms with Crippen LogP contribution in [0.3, 0.4) is 0 Å². The molecule has 2 aromatic heterocycles. The van der Waals surface area contributed by atoms with Crippen molar-refractivity contribution < 1.29 is 0 Å². The van der Waals surface area contributed by atoms with Gasteiger partial charge < -0.3 is 5.73 Å². The Hall–Kier alpha value is -1.69. The van der Waals surface area contributed by atoms with Crippen LogP contribution in [0.2, 0.25) is 0 Å². The van der Waals surface area contributed by atoms with Gasteiger partial charge in [-0.05, 0) is 6.92 Å². The second-order valence-corrected chi connectivity index (χ2v) is 3.67. The summed E-state index contributed by atoms with van der Waals surface area (Å²) in [5, 5.41) is 2.61. The summed E-state index contributed by atoms with van der Waals surface area (Å²) in [5.41, 5.74) is 6.58. The van der Waals surface area contributed by atoms with Crippen molar-refractivity contribution in [3.63, 3.8) is 0 Å². The largest absolute Gasteiger partial charge is 0.369 e. The average molecular weight is 208 g/mol. The van der Waals surface area contributed by atoms with E-state index < -0.39 is 0 Å². The zero-order valence-electron chi connectivity index (χ0n) is 7.44. The molecule has 0 aliphatic carbocycles. The van der Waals surface area contributed by atoms with E-state index >= 15 is 0 Å². The minimum atomic E-state index is -0.264. The number of aryl methyl sites for hydroxylation is 1. The first-order valence-corrected chi connectivity index (χ1v) is 4.82. The Balaban J connectivity index is 2.56. The van der Waals surface area contributed by atoms with E-state index in [-0.39, 0.29) is 11.5 Å². The minimum absolute atomic E-state index is 0.111. The topological polar surface area (TPSA) is 84.7 Å². The molecule has 0 amide bonds. The highest BCUT2D eigenvalue weighted by atomic mass is 32.1. The third-order valence-electron chi connectivity index (χ3n) is 1.60. The number of nitrogens with zero attached hydrogens (tertiary/aromatic N) is 2. The third-order valence-corrected chi connectivity index (χ3v) is 2.58. The van der Waals surface area contributed by atoms with Crippen molar-refractivity contribution in [2.24, 2.45) is 0 Å². The quantitative estimate of drug-likeness (QED) is 0.725. The summed E-state index contributed by atoms with van der Waals surface area (Å²) >= 11 is 1.44. The maximum absolute atomic E-state index is 11.1. The van der Waals surface area contributed by atoms with Crippen LogP contribution in [0, 0.1) is 6.92 Å².